The number of amides is 1. The fourth-order valence-corrected chi connectivity index (χ4v) is 5.08. The zero-order chi connectivity index (χ0) is 25.7. The molecule has 0 spiro atoms. The summed E-state index contributed by atoms with van der Waals surface area (Å²) in [6, 6.07) is 13.8. The van der Waals surface area contributed by atoms with Gasteiger partial charge in [-0.1, -0.05) is 18.2 Å². The van der Waals surface area contributed by atoms with Crippen molar-refractivity contribution < 1.29 is 14.7 Å². The SMILES string of the molecule is CCN(Cc1cccc(N2CC(N3CCN(C(C)C)CC3)C2)n1)C(=O)C(C=O)Cc1ccc(O)cc1. The summed E-state index contributed by atoms with van der Waals surface area (Å²) in [6.45, 7) is 13.8. The molecule has 1 atom stereocenters. The number of carbonyl (C=O) groups is 2. The Bertz CT molecular complexity index is 1010. The zero-order valence-corrected chi connectivity index (χ0v) is 21.7. The molecule has 36 heavy (non-hydrogen) atoms. The first-order valence-corrected chi connectivity index (χ1v) is 13.1. The lowest BCUT2D eigenvalue weighted by atomic mass is 9.99. The summed E-state index contributed by atoms with van der Waals surface area (Å²) in [5.41, 5.74) is 1.67. The van der Waals surface area contributed by atoms with E-state index in [1.807, 2.05) is 25.1 Å². The zero-order valence-electron chi connectivity index (χ0n) is 21.7. The van der Waals surface area contributed by atoms with Gasteiger partial charge in [0.25, 0.3) is 0 Å². The number of nitrogens with zero attached hydrogens (tertiary/aromatic N) is 5. The highest BCUT2D eigenvalue weighted by Crippen LogP contribution is 2.24. The second-order valence-corrected chi connectivity index (χ2v) is 10.2. The van der Waals surface area contributed by atoms with Crippen molar-refractivity contribution in [3.05, 3.63) is 53.7 Å². The number of anilines is 1. The van der Waals surface area contributed by atoms with Gasteiger partial charge in [0.1, 0.15) is 17.9 Å². The highest BCUT2D eigenvalue weighted by molar-refractivity contribution is 5.92. The Balaban J connectivity index is 1.32. The molecule has 1 N–H and O–H groups in total. The molecule has 1 amide bonds. The first-order valence-electron chi connectivity index (χ1n) is 13.1. The van der Waals surface area contributed by atoms with Gasteiger partial charge < -0.3 is 19.7 Å². The molecule has 1 aromatic carbocycles. The van der Waals surface area contributed by atoms with Crippen molar-refractivity contribution in [3.63, 3.8) is 0 Å². The number of piperazine rings is 1. The Morgan fingerprint density at radius 3 is 2.42 bits per heavy atom. The highest BCUT2D eigenvalue weighted by Gasteiger charge is 2.34. The molecule has 1 unspecified atom stereocenters. The minimum Gasteiger partial charge on any atom is -0.508 e. The molecule has 2 fully saturated rings. The van der Waals surface area contributed by atoms with E-state index in [0.29, 0.717) is 31.6 Å². The number of hydrogen-bond donors (Lipinski definition) is 1. The molecule has 2 aromatic rings. The van der Waals surface area contributed by atoms with Crippen molar-refractivity contribution >= 4 is 18.0 Å². The lowest BCUT2D eigenvalue weighted by Crippen LogP contribution is -2.63. The average Bonchev–Trinajstić information content (AvgIpc) is 2.86. The average molecular weight is 494 g/mol. The van der Waals surface area contributed by atoms with E-state index in [4.69, 9.17) is 4.98 Å². The van der Waals surface area contributed by atoms with Gasteiger partial charge in [0.05, 0.1) is 18.2 Å². The van der Waals surface area contributed by atoms with Crippen molar-refractivity contribution in [2.75, 3.05) is 50.7 Å². The van der Waals surface area contributed by atoms with E-state index in [2.05, 4.69) is 28.5 Å². The van der Waals surface area contributed by atoms with E-state index < -0.39 is 5.92 Å². The predicted molar refractivity (Wildman–Crippen MR) is 141 cm³/mol. The Morgan fingerprint density at radius 2 is 1.81 bits per heavy atom. The third-order valence-corrected chi connectivity index (χ3v) is 7.49. The van der Waals surface area contributed by atoms with Gasteiger partial charge in [0, 0.05) is 57.9 Å². The van der Waals surface area contributed by atoms with Crippen LogP contribution in [-0.2, 0) is 22.6 Å². The molecule has 4 rings (SSSR count). The summed E-state index contributed by atoms with van der Waals surface area (Å²) in [7, 11) is 0. The van der Waals surface area contributed by atoms with E-state index >= 15 is 0 Å². The van der Waals surface area contributed by atoms with Crippen LogP contribution in [0, 0.1) is 5.92 Å². The summed E-state index contributed by atoms with van der Waals surface area (Å²) in [5, 5.41) is 9.48. The molecular formula is C28H39N5O3. The summed E-state index contributed by atoms with van der Waals surface area (Å²) in [5.74, 6) is 0.155. The summed E-state index contributed by atoms with van der Waals surface area (Å²) < 4.78 is 0. The van der Waals surface area contributed by atoms with Crippen LogP contribution in [0.5, 0.6) is 5.75 Å². The Kier molecular flexibility index (Phi) is 8.59. The van der Waals surface area contributed by atoms with Crippen molar-refractivity contribution in [1.29, 1.82) is 0 Å². The topological polar surface area (TPSA) is 80.2 Å². The second-order valence-electron chi connectivity index (χ2n) is 10.2. The first kappa shape index (κ1) is 26.1. The summed E-state index contributed by atoms with van der Waals surface area (Å²) in [6.07, 6.45) is 1.04. The molecule has 194 valence electrons. The van der Waals surface area contributed by atoms with Gasteiger partial charge in [-0.15, -0.1) is 0 Å². The van der Waals surface area contributed by atoms with Gasteiger partial charge in [-0.25, -0.2) is 4.98 Å². The predicted octanol–water partition coefficient (Wildman–Crippen LogP) is 2.41. The molecule has 2 aliphatic heterocycles. The monoisotopic (exact) mass is 493 g/mol. The number of hydrogen-bond acceptors (Lipinski definition) is 7. The van der Waals surface area contributed by atoms with E-state index in [0.717, 1.165) is 62.6 Å². The molecule has 8 nitrogen and oxygen atoms in total. The van der Waals surface area contributed by atoms with Gasteiger partial charge >= 0.3 is 0 Å². The van der Waals surface area contributed by atoms with Gasteiger partial charge in [-0.2, -0.15) is 0 Å². The maximum atomic E-state index is 13.1. The largest absolute Gasteiger partial charge is 0.508 e. The van der Waals surface area contributed by atoms with Crippen LogP contribution in [0.4, 0.5) is 5.82 Å². The maximum absolute atomic E-state index is 13.1. The van der Waals surface area contributed by atoms with Crippen molar-refractivity contribution in [1.82, 2.24) is 19.7 Å². The fourth-order valence-electron chi connectivity index (χ4n) is 5.08. The standard InChI is InChI=1S/C28H39N5O3/c1-4-30(28(36)23(20-34)16-22-8-10-26(35)11-9-22)17-24-6-5-7-27(29-24)33-18-25(19-33)32-14-12-31(13-15-32)21(2)3/h5-11,20-21,23,25,35H,4,12-19H2,1-3H3. The number of phenolic OH excluding ortho intramolecular Hbond substituents is 1. The Morgan fingerprint density at radius 1 is 1.11 bits per heavy atom. The number of carbonyl (C=O) groups excluding carboxylic acids is 2. The molecule has 2 aliphatic rings. The van der Waals surface area contributed by atoms with E-state index in [-0.39, 0.29) is 11.7 Å². The minimum absolute atomic E-state index is 0.163. The van der Waals surface area contributed by atoms with Crippen LogP contribution in [0.3, 0.4) is 0 Å². The van der Waals surface area contributed by atoms with Crippen LogP contribution in [-0.4, -0.2) is 94.9 Å². The van der Waals surface area contributed by atoms with Gasteiger partial charge in [-0.05, 0) is 57.0 Å². The fraction of sp³-hybridized carbons (Fsp3) is 0.536. The molecule has 2 saturated heterocycles. The summed E-state index contributed by atoms with van der Waals surface area (Å²) in [4.78, 5) is 38.9. The van der Waals surface area contributed by atoms with E-state index in [1.165, 1.54) is 0 Å². The van der Waals surface area contributed by atoms with Crippen LogP contribution in [0.15, 0.2) is 42.5 Å². The molecule has 3 heterocycles. The highest BCUT2D eigenvalue weighted by atomic mass is 16.3. The molecule has 1 aromatic heterocycles. The smallest absolute Gasteiger partial charge is 0.233 e. The number of aromatic hydroxyl groups is 1. The second kappa shape index (κ2) is 11.8. The van der Waals surface area contributed by atoms with E-state index in [1.54, 1.807) is 29.2 Å². The molecule has 8 heteroatoms. The number of aromatic nitrogens is 1. The lowest BCUT2D eigenvalue weighted by molar-refractivity contribution is -0.138. The van der Waals surface area contributed by atoms with Crippen LogP contribution < -0.4 is 4.90 Å². The van der Waals surface area contributed by atoms with Crippen LogP contribution in [0.25, 0.3) is 0 Å². The van der Waals surface area contributed by atoms with Crippen molar-refractivity contribution in [2.45, 2.75) is 45.8 Å². The molecule has 0 aliphatic carbocycles. The quantitative estimate of drug-likeness (QED) is 0.402. The van der Waals surface area contributed by atoms with E-state index in [9.17, 15) is 14.7 Å². The number of rotatable bonds is 10. The maximum Gasteiger partial charge on any atom is 0.233 e. The third kappa shape index (κ3) is 6.23. The van der Waals surface area contributed by atoms with Gasteiger partial charge in [0.15, 0.2) is 0 Å². The number of aldehydes is 1. The number of pyridine rings is 1. The van der Waals surface area contributed by atoms with Crippen LogP contribution in [0.2, 0.25) is 0 Å². The van der Waals surface area contributed by atoms with Gasteiger partial charge in [-0.3, -0.25) is 14.6 Å². The summed E-state index contributed by atoms with van der Waals surface area (Å²) >= 11 is 0. The first-order chi connectivity index (χ1) is 17.4. The Hall–Kier alpha value is -2.97. The normalized spacial score (nSPS) is 18.2. The van der Waals surface area contributed by atoms with Crippen molar-refractivity contribution in [3.8, 4) is 5.75 Å². The minimum atomic E-state index is -0.759. The molecule has 0 saturated carbocycles. The molecule has 0 radical (unpaired) electrons. The Labute approximate surface area is 214 Å². The third-order valence-electron chi connectivity index (χ3n) is 7.49. The molecular weight excluding hydrogens is 454 g/mol. The molecule has 0 bridgehead atoms. The number of benzene rings is 1. The van der Waals surface area contributed by atoms with Gasteiger partial charge in [0.2, 0.25) is 5.91 Å². The van der Waals surface area contributed by atoms with Crippen LogP contribution >= 0.6 is 0 Å². The lowest BCUT2D eigenvalue weighted by Gasteiger charge is -2.49. The number of phenols is 1. The van der Waals surface area contributed by atoms with Crippen LogP contribution in [0.1, 0.15) is 32.0 Å². The van der Waals surface area contributed by atoms with Crippen molar-refractivity contribution in [2.24, 2.45) is 5.92 Å².